The minimum atomic E-state index is -0.708. The zero-order chi connectivity index (χ0) is 27.9. The zero-order valence-electron chi connectivity index (χ0n) is 21.3. The summed E-state index contributed by atoms with van der Waals surface area (Å²) in [6.07, 6.45) is 1.19. The van der Waals surface area contributed by atoms with Crippen LogP contribution in [0.5, 0.6) is 0 Å². The number of rotatable bonds is 14. The van der Waals surface area contributed by atoms with Crippen LogP contribution in [-0.2, 0) is 0 Å². The summed E-state index contributed by atoms with van der Waals surface area (Å²) < 4.78 is 0. The quantitative estimate of drug-likeness (QED) is 0.110. The lowest BCUT2D eigenvalue weighted by atomic mass is 9.88. The van der Waals surface area contributed by atoms with Gasteiger partial charge in [0.05, 0.1) is 79.3 Å². The van der Waals surface area contributed by atoms with Crippen LogP contribution in [0.15, 0.2) is 0 Å². The first-order chi connectivity index (χ1) is 15.8. The second-order valence-electron chi connectivity index (χ2n) is 9.23. The Bertz CT molecular complexity index is 317. The highest BCUT2D eigenvalue weighted by Crippen LogP contribution is 2.19. The maximum absolute atomic E-state index is 8.66. The summed E-state index contributed by atoms with van der Waals surface area (Å²) in [6.45, 7) is 4.83. The van der Waals surface area contributed by atoms with Crippen LogP contribution in [0.25, 0.3) is 0 Å². The van der Waals surface area contributed by atoms with Crippen molar-refractivity contribution in [2.24, 2.45) is 21.7 Å². The maximum Gasteiger partial charge on any atom is 0.0531 e. The van der Waals surface area contributed by atoms with Gasteiger partial charge in [-0.1, -0.05) is 27.7 Å². The van der Waals surface area contributed by atoms with E-state index >= 15 is 0 Å². The van der Waals surface area contributed by atoms with Crippen molar-refractivity contribution < 1.29 is 61.3 Å². The highest BCUT2D eigenvalue weighted by Gasteiger charge is 2.25. The van der Waals surface area contributed by atoms with Crippen molar-refractivity contribution in [1.82, 2.24) is 0 Å². The van der Waals surface area contributed by atoms with Crippen LogP contribution in [0.1, 0.15) is 40.5 Å². The molecule has 0 aromatic heterocycles. The van der Waals surface area contributed by atoms with Gasteiger partial charge in [-0.25, -0.2) is 0 Å². The first-order valence-corrected chi connectivity index (χ1v) is 11.2. The molecular weight excluding hydrogens is 456 g/mol. The molecule has 0 aromatic rings. The summed E-state index contributed by atoms with van der Waals surface area (Å²) in [5.74, 6) is 0. The number of aliphatic hydroxyl groups excluding tert-OH is 12. The Morgan fingerprint density at radius 2 is 0.471 bits per heavy atom. The third kappa shape index (κ3) is 17.0. The molecule has 0 bridgehead atoms. The third-order valence-electron chi connectivity index (χ3n) is 5.80. The molecule has 12 heteroatoms. The molecule has 12 nitrogen and oxygen atoms in total. The monoisotopic (exact) mass is 508 g/mol. The fourth-order valence-corrected chi connectivity index (χ4v) is 1.27. The van der Waals surface area contributed by atoms with Gasteiger partial charge < -0.3 is 61.3 Å². The number of hydrogen-bond acceptors (Lipinski definition) is 12. The Morgan fingerprint density at radius 3 is 0.471 bits per heavy atom. The SMILES string of the molecule is CC(CO)(CO)CO.CC(CO)(CO)CO.CCC(CO)(CO)CO.CCC(CO)(CO)CO. The lowest BCUT2D eigenvalue weighted by Gasteiger charge is -2.24. The van der Waals surface area contributed by atoms with Gasteiger partial charge in [-0.3, -0.25) is 0 Å². The number of aliphatic hydroxyl groups is 12. The molecule has 0 spiro atoms. The van der Waals surface area contributed by atoms with Crippen LogP contribution in [-0.4, -0.2) is 141 Å². The van der Waals surface area contributed by atoms with Gasteiger partial charge in [0.15, 0.2) is 0 Å². The van der Waals surface area contributed by atoms with E-state index in [-0.39, 0.29) is 79.3 Å². The van der Waals surface area contributed by atoms with Crippen LogP contribution in [0.3, 0.4) is 0 Å². The van der Waals surface area contributed by atoms with Crippen molar-refractivity contribution >= 4 is 0 Å². The summed E-state index contributed by atoms with van der Waals surface area (Å²) in [4.78, 5) is 0. The average Bonchev–Trinajstić information content (AvgIpc) is 2.92. The zero-order valence-corrected chi connectivity index (χ0v) is 21.3. The summed E-state index contributed by atoms with van der Waals surface area (Å²) in [7, 11) is 0. The third-order valence-corrected chi connectivity index (χ3v) is 5.80. The van der Waals surface area contributed by atoms with Crippen molar-refractivity contribution in [1.29, 1.82) is 0 Å². The van der Waals surface area contributed by atoms with Gasteiger partial charge in [0.2, 0.25) is 0 Å². The molecule has 0 rings (SSSR count). The van der Waals surface area contributed by atoms with Crippen LogP contribution >= 0.6 is 0 Å². The Labute approximate surface area is 203 Å². The molecule has 0 aromatic carbocycles. The fourth-order valence-electron chi connectivity index (χ4n) is 1.27. The molecule has 0 aliphatic carbocycles. The molecule has 12 N–H and O–H groups in total. The van der Waals surface area contributed by atoms with E-state index in [0.29, 0.717) is 12.8 Å². The molecule has 0 radical (unpaired) electrons. The smallest absolute Gasteiger partial charge is 0.0531 e. The van der Waals surface area contributed by atoms with E-state index in [1.54, 1.807) is 13.8 Å². The van der Waals surface area contributed by atoms with Crippen LogP contribution in [0.2, 0.25) is 0 Å². The van der Waals surface area contributed by atoms with E-state index in [9.17, 15) is 0 Å². The summed E-state index contributed by atoms with van der Waals surface area (Å²) >= 11 is 0. The van der Waals surface area contributed by atoms with Crippen molar-refractivity contribution in [2.45, 2.75) is 40.5 Å². The molecule has 0 unspecified atom stereocenters. The van der Waals surface area contributed by atoms with Crippen molar-refractivity contribution in [3.8, 4) is 0 Å². The standard InChI is InChI=1S/2C6H14O3.2C5H12O3/c2*1-2-6(3-7,4-8)5-9;2*1-5(2-6,3-7)4-8/h2*7-9H,2-5H2,1H3;2*6-8H,2-4H2,1H3. The average molecular weight is 509 g/mol. The van der Waals surface area contributed by atoms with E-state index < -0.39 is 21.7 Å². The Kier molecular flexibility index (Phi) is 27.5. The molecule has 34 heavy (non-hydrogen) atoms. The van der Waals surface area contributed by atoms with E-state index in [2.05, 4.69) is 0 Å². The lowest BCUT2D eigenvalue weighted by molar-refractivity contribution is 0.00275. The van der Waals surface area contributed by atoms with Gasteiger partial charge >= 0.3 is 0 Å². The summed E-state index contributed by atoms with van der Waals surface area (Å²) in [6, 6.07) is 0. The van der Waals surface area contributed by atoms with Crippen molar-refractivity contribution in [3.63, 3.8) is 0 Å². The Hall–Kier alpha value is -0.480. The number of hydrogen-bond donors (Lipinski definition) is 12. The predicted molar refractivity (Wildman–Crippen MR) is 127 cm³/mol. The summed E-state index contributed by atoms with van der Waals surface area (Å²) in [5, 5.41) is 103. The molecule has 0 atom stereocenters. The van der Waals surface area contributed by atoms with Gasteiger partial charge in [0, 0.05) is 21.7 Å². The molecule has 0 heterocycles. The van der Waals surface area contributed by atoms with Gasteiger partial charge in [-0.15, -0.1) is 0 Å². The van der Waals surface area contributed by atoms with E-state index in [4.69, 9.17) is 61.3 Å². The maximum atomic E-state index is 8.66. The first kappa shape index (κ1) is 40.7. The lowest BCUT2D eigenvalue weighted by Crippen LogP contribution is -2.32. The van der Waals surface area contributed by atoms with Gasteiger partial charge in [0.25, 0.3) is 0 Å². The molecule has 212 valence electrons. The largest absolute Gasteiger partial charge is 0.396 e. The van der Waals surface area contributed by atoms with Crippen molar-refractivity contribution in [2.75, 3.05) is 79.3 Å². The normalized spacial score (nSPS) is 12.0. The highest BCUT2D eigenvalue weighted by molar-refractivity contribution is 4.75. The van der Waals surface area contributed by atoms with E-state index in [0.717, 1.165) is 0 Å². The minimum absolute atomic E-state index is 0.156. The molecule has 0 fully saturated rings. The van der Waals surface area contributed by atoms with Crippen molar-refractivity contribution in [3.05, 3.63) is 0 Å². The molecule has 0 saturated carbocycles. The fraction of sp³-hybridized carbons (Fsp3) is 1.00. The summed E-state index contributed by atoms with van der Waals surface area (Å²) in [5.41, 5.74) is -2.75. The molecule has 0 aliphatic rings. The molecular formula is C22H52O12. The highest BCUT2D eigenvalue weighted by atomic mass is 16.3. The minimum Gasteiger partial charge on any atom is -0.396 e. The van der Waals surface area contributed by atoms with E-state index in [1.165, 1.54) is 0 Å². The van der Waals surface area contributed by atoms with Crippen LogP contribution < -0.4 is 0 Å². The van der Waals surface area contributed by atoms with Crippen LogP contribution in [0, 0.1) is 21.7 Å². The first-order valence-electron chi connectivity index (χ1n) is 11.2. The Morgan fingerprint density at radius 1 is 0.324 bits per heavy atom. The van der Waals surface area contributed by atoms with Gasteiger partial charge in [0.1, 0.15) is 0 Å². The van der Waals surface area contributed by atoms with E-state index in [1.807, 2.05) is 13.8 Å². The predicted octanol–water partition coefficient (Wildman–Crippen LogP) is -3.34. The topological polar surface area (TPSA) is 243 Å². The molecule has 0 aliphatic heterocycles. The second kappa shape index (κ2) is 23.0. The van der Waals surface area contributed by atoms with Gasteiger partial charge in [-0.05, 0) is 12.8 Å². The molecule has 0 amide bonds. The Balaban J connectivity index is -0.000000177. The van der Waals surface area contributed by atoms with Crippen LogP contribution in [0.4, 0.5) is 0 Å². The van der Waals surface area contributed by atoms with Gasteiger partial charge in [-0.2, -0.15) is 0 Å². The second-order valence-corrected chi connectivity index (χ2v) is 9.23. The molecule has 0 saturated heterocycles.